The van der Waals surface area contributed by atoms with Gasteiger partial charge in [-0.15, -0.1) is 0 Å². The number of rotatable bonds is 14. The Morgan fingerprint density at radius 3 is 2.03 bits per heavy atom. The molecule has 34 heavy (non-hydrogen) atoms. The maximum absolute atomic E-state index is 12.8. The Bertz CT molecular complexity index is 966. The van der Waals surface area contributed by atoms with Crippen molar-refractivity contribution in [3.05, 3.63) is 58.4 Å². The lowest BCUT2D eigenvalue weighted by molar-refractivity contribution is 0.0502. The molecule has 0 saturated carbocycles. The molecule has 0 atom stereocenters. The number of hydrogen-bond donors (Lipinski definition) is 0. The zero-order valence-electron chi connectivity index (χ0n) is 21.3. The first-order chi connectivity index (χ1) is 16.3. The molecule has 0 aliphatic heterocycles. The lowest BCUT2D eigenvalue weighted by atomic mass is 9.95. The summed E-state index contributed by atoms with van der Waals surface area (Å²) in [5.41, 5.74) is 3.89. The van der Waals surface area contributed by atoms with Crippen molar-refractivity contribution in [2.75, 3.05) is 41.3 Å². The fourth-order valence-electron chi connectivity index (χ4n) is 3.55. The van der Waals surface area contributed by atoms with Crippen LogP contribution in [0.1, 0.15) is 55.9 Å². The van der Waals surface area contributed by atoms with E-state index in [0.717, 1.165) is 28.0 Å². The first-order valence-electron chi connectivity index (χ1n) is 11.4. The van der Waals surface area contributed by atoms with Gasteiger partial charge >= 0.3 is 7.60 Å². The summed E-state index contributed by atoms with van der Waals surface area (Å²) in [4.78, 5) is 0. The van der Waals surface area contributed by atoms with Crippen LogP contribution in [-0.2, 0) is 24.8 Å². The highest BCUT2D eigenvalue weighted by Gasteiger charge is 2.20. The zero-order chi connectivity index (χ0) is 25.1. The Morgan fingerprint density at radius 2 is 1.53 bits per heavy atom. The van der Waals surface area contributed by atoms with Gasteiger partial charge < -0.3 is 28.0 Å². The van der Waals surface area contributed by atoms with Gasteiger partial charge in [-0.1, -0.05) is 26.0 Å². The molecular weight excluding hydrogens is 455 g/mol. The Labute approximate surface area is 203 Å². The fourth-order valence-corrected chi connectivity index (χ4v) is 4.87. The van der Waals surface area contributed by atoms with Gasteiger partial charge in [-0.2, -0.15) is 0 Å². The van der Waals surface area contributed by atoms with Gasteiger partial charge in [0.15, 0.2) is 6.79 Å². The van der Waals surface area contributed by atoms with E-state index >= 15 is 0 Å². The van der Waals surface area contributed by atoms with Crippen molar-refractivity contribution in [3.8, 4) is 17.2 Å². The molecule has 0 N–H and O–H groups in total. The number of methoxy groups -OCH3 is 3. The Balaban J connectivity index is 2.41. The summed E-state index contributed by atoms with van der Waals surface area (Å²) < 4.78 is 45.6. The maximum atomic E-state index is 12.8. The number of benzene rings is 2. The maximum Gasteiger partial charge on any atom is 0.354 e. The van der Waals surface area contributed by atoms with E-state index in [2.05, 4.69) is 19.9 Å². The average molecular weight is 493 g/mol. The quantitative estimate of drug-likeness (QED) is 0.216. The van der Waals surface area contributed by atoms with Crippen molar-refractivity contribution in [1.82, 2.24) is 0 Å². The third kappa shape index (κ3) is 7.60. The van der Waals surface area contributed by atoms with Crippen molar-refractivity contribution in [2.24, 2.45) is 0 Å². The van der Waals surface area contributed by atoms with Crippen LogP contribution in [0.3, 0.4) is 0 Å². The molecule has 0 amide bonds. The zero-order valence-corrected chi connectivity index (χ0v) is 22.1. The normalized spacial score (nSPS) is 11.9. The molecular formula is C26H37O7P. The third-order valence-corrected chi connectivity index (χ3v) is 6.86. The second-order valence-corrected chi connectivity index (χ2v) is 9.74. The highest BCUT2D eigenvalue weighted by Crippen LogP contribution is 2.50. The van der Waals surface area contributed by atoms with E-state index in [4.69, 9.17) is 28.0 Å². The first-order valence-corrected chi connectivity index (χ1v) is 13.0. The summed E-state index contributed by atoms with van der Waals surface area (Å²) in [6, 6.07) is 9.91. The van der Waals surface area contributed by atoms with Gasteiger partial charge in [-0.25, -0.2) is 0 Å². The molecule has 0 aromatic heterocycles. The van der Waals surface area contributed by atoms with Crippen LogP contribution in [0.4, 0.5) is 0 Å². The molecule has 0 fully saturated rings. The van der Waals surface area contributed by atoms with E-state index in [1.807, 2.05) is 24.3 Å². The highest BCUT2D eigenvalue weighted by atomic mass is 31.2. The van der Waals surface area contributed by atoms with Crippen LogP contribution in [0.5, 0.6) is 17.2 Å². The summed E-state index contributed by atoms with van der Waals surface area (Å²) in [6.07, 6.45) is 2.32. The standard InChI is InChI=1S/C26H37O7P/c1-8-32-34(27,33-9-2)13-12-21-16-25(29-6)23(26(17-21)30-7)15-20-10-11-24(31-18-28-5)22(14-20)19(3)4/h10-14,16-17,19H,8-9,15,18H2,1-7H3. The first kappa shape index (κ1) is 27.9. The molecule has 0 aliphatic carbocycles. The summed E-state index contributed by atoms with van der Waals surface area (Å²) in [5, 5.41) is 0. The largest absolute Gasteiger partial charge is 0.496 e. The predicted molar refractivity (Wildman–Crippen MR) is 135 cm³/mol. The Kier molecular flexibility index (Phi) is 11.1. The molecule has 0 saturated heterocycles. The summed E-state index contributed by atoms with van der Waals surface area (Å²) in [5.74, 6) is 3.92. The molecule has 0 heterocycles. The summed E-state index contributed by atoms with van der Waals surface area (Å²) in [6.45, 7) is 8.61. The second-order valence-electron chi connectivity index (χ2n) is 7.85. The molecule has 0 spiro atoms. The molecule has 2 rings (SSSR count). The van der Waals surface area contributed by atoms with Crippen LogP contribution >= 0.6 is 7.60 Å². The summed E-state index contributed by atoms with van der Waals surface area (Å²) in [7, 11) is 1.54. The molecule has 0 bridgehead atoms. The smallest absolute Gasteiger partial charge is 0.354 e. The van der Waals surface area contributed by atoms with Crippen molar-refractivity contribution in [1.29, 1.82) is 0 Å². The van der Waals surface area contributed by atoms with Gasteiger partial charge in [0.05, 0.1) is 27.4 Å². The molecule has 188 valence electrons. The van der Waals surface area contributed by atoms with Gasteiger partial charge in [-0.05, 0) is 60.7 Å². The van der Waals surface area contributed by atoms with E-state index in [9.17, 15) is 4.57 Å². The van der Waals surface area contributed by atoms with Crippen LogP contribution in [0.2, 0.25) is 0 Å². The van der Waals surface area contributed by atoms with Crippen molar-refractivity contribution in [3.63, 3.8) is 0 Å². The van der Waals surface area contributed by atoms with E-state index < -0.39 is 7.60 Å². The third-order valence-electron chi connectivity index (χ3n) is 5.11. The molecule has 7 nitrogen and oxygen atoms in total. The lowest BCUT2D eigenvalue weighted by Gasteiger charge is -2.18. The summed E-state index contributed by atoms with van der Waals surface area (Å²) >= 11 is 0. The van der Waals surface area contributed by atoms with Gasteiger partial charge in [0.25, 0.3) is 0 Å². The minimum atomic E-state index is -3.31. The molecule has 0 aliphatic rings. The van der Waals surface area contributed by atoms with Gasteiger partial charge in [0.1, 0.15) is 17.2 Å². The van der Waals surface area contributed by atoms with E-state index in [0.29, 0.717) is 31.1 Å². The highest BCUT2D eigenvalue weighted by molar-refractivity contribution is 7.57. The molecule has 2 aromatic rings. The molecule has 2 aromatic carbocycles. The monoisotopic (exact) mass is 492 g/mol. The number of hydrogen-bond acceptors (Lipinski definition) is 7. The molecule has 0 radical (unpaired) electrons. The minimum absolute atomic E-state index is 0.204. The van der Waals surface area contributed by atoms with E-state index in [1.165, 1.54) is 5.82 Å². The predicted octanol–water partition coefficient (Wildman–Crippen LogP) is 6.64. The van der Waals surface area contributed by atoms with Crippen LogP contribution in [0.15, 0.2) is 36.1 Å². The Hall–Kier alpha value is -2.31. The average Bonchev–Trinajstić information content (AvgIpc) is 2.82. The minimum Gasteiger partial charge on any atom is -0.496 e. The molecule has 0 unspecified atom stereocenters. The van der Waals surface area contributed by atoms with Gasteiger partial charge in [-0.3, -0.25) is 4.57 Å². The van der Waals surface area contributed by atoms with Crippen LogP contribution in [-0.4, -0.2) is 41.3 Å². The lowest BCUT2D eigenvalue weighted by Crippen LogP contribution is -2.04. The van der Waals surface area contributed by atoms with E-state index in [1.54, 1.807) is 41.3 Å². The fraction of sp³-hybridized carbons (Fsp3) is 0.462. The van der Waals surface area contributed by atoms with Gasteiger partial charge in [0, 0.05) is 24.9 Å². The van der Waals surface area contributed by atoms with Crippen molar-refractivity contribution < 1.29 is 32.6 Å². The van der Waals surface area contributed by atoms with E-state index in [-0.39, 0.29) is 12.7 Å². The van der Waals surface area contributed by atoms with Gasteiger partial charge in [0.2, 0.25) is 0 Å². The van der Waals surface area contributed by atoms with Crippen molar-refractivity contribution in [2.45, 2.75) is 40.0 Å². The molecule has 8 heteroatoms. The topological polar surface area (TPSA) is 72.5 Å². The SMILES string of the molecule is CCOP(=O)(C=Cc1cc(OC)c(Cc2ccc(OCOC)c(C(C)C)c2)c(OC)c1)OCC. The Morgan fingerprint density at radius 1 is 0.912 bits per heavy atom. The van der Waals surface area contributed by atoms with Crippen LogP contribution in [0.25, 0.3) is 6.08 Å². The van der Waals surface area contributed by atoms with Crippen molar-refractivity contribution >= 4 is 13.7 Å². The van der Waals surface area contributed by atoms with Crippen LogP contribution < -0.4 is 14.2 Å². The van der Waals surface area contributed by atoms with Crippen LogP contribution in [0, 0.1) is 0 Å². The second kappa shape index (κ2) is 13.5. The number of ether oxygens (including phenoxy) is 4.